The second-order valence-corrected chi connectivity index (χ2v) is 7.47. The molecule has 1 aliphatic heterocycles. The summed E-state index contributed by atoms with van der Waals surface area (Å²) < 4.78 is 2.21. The summed E-state index contributed by atoms with van der Waals surface area (Å²) in [5.41, 5.74) is 1.24. The number of piperidine rings is 1. The zero-order chi connectivity index (χ0) is 18.2. The van der Waals surface area contributed by atoms with Gasteiger partial charge in [0, 0.05) is 51.7 Å². The summed E-state index contributed by atoms with van der Waals surface area (Å²) in [6.45, 7) is 15.5. The molecule has 6 nitrogen and oxygen atoms in total. The highest BCUT2D eigenvalue weighted by atomic mass is 127. The number of hydrogen-bond acceptors (Lipinski definition) is 3. The zero-order valence-electron chi connectivity index (χ0n) is 16.7. The van der Waals surface area contributed by atoms with Crippen molar-refractivity contribution in [1.29, 1.82) is 0 Å². The first-order valence-corrected chi connectivity index (χ1v) is 9.32. The van der Waals surface area contributed by atoms with Gasteiger partial charge in [-0.3, -0.25) is 9.89 Å². The number of guanidine groups is 1. The predicted octanol–water partition coefficient (Wildman–Crippen LogP) is 2.86. The van der Waals surface area contributed by atoms with E-state index in [0.717, 1.165) is 50.8 Å². The van der Waals surface area contributed by atoms with Gasteiger partial charge in [0.1, 0.15) is 5.82 Å². The quantitative estimate of drug-likeness (QED) is 0.276. The molecule has 0 amide bonds. The lowest BCUT2D eigenvalue weighted by Gasteiger charge is -2.33. The number of imidazole rings is 1. The van der Waals surface area contributed by atoms with Crippen molar-refractivity contribution in [2.24, 2.45) is 10.9 Å². The normalized spacial score (nSPS) is 16.4. The third-order valence-corrected chi connectivity index (χ3v) is 4.42. The van der Waals surface area contributed by atoms with Gasteiger partial charge in [-0.15, -0.1) is 24.0 Å². The van der Waals surface area contributed by atoms with Crippen molar-refractivity contribution in [2.75, 3.05) is 26.7 Å². The van der Waals surface area contributed by atoms with E-state index in [1.807, 2.05) is 19.4 Å². The maximum Gasteiger partial charge on any atom is 0.191 e. The van der Waals surface area contributed by atoms with Gasteiger partial charge in [-0.2, -0.15) is 0 Å². The monoisotopic (exact) mass is 474 g/mol. The maximum absolute atomic E-state index is 4.46. The lowest BCUT2D eigenvalue weighted by atomic mass is 10.0. The highest BCUT2D eigenvalue weighted by molar-refractivity contribution is 14.0. The van der Waals surface area contributed by atoms with Crippen molar-refractivity contribution >= 4 is 29.9 Å². The van der Waals surface area contributed by atoms with Crippen molar-refractivity contribution < 1.29 is 0 Å². The van der Waals surface area contributed by atoms with Gasteiger partial charge in [0.15, 0.2) is 5.96 Å². The molecular weight excluding hydrogens is 439 g/mol. The second kappa shape index (κ2) is 11.6. The van der Waals surface area contributed by atoms with Crippen LogP contribution >= 0.6 is 24.0 Å². The van der Waals surface area contributed by atoms with Gasteiger partial charge in [-0.05, 0) is 25.7 Å². The Balaban J connectivity index is 0.00000338. The molecule has 0 unspecified atom stereocenters. The molecule has 0 radical (unpaired) electrons. The molecule has 0 atom stereocenters. The fourth-order valence-corrected chi connectivity index (χ4v) is 3.23. The number of likely N-dealkylation sites (tertiary alicyclic amines) is 1. The number of aliphatic imine (C=N–C) groups is 1. The van der Waals surface area contributed by atoms with Gasteiger partial charge in [0.05, 0.1) is 6.54 Å². The largest absolute Gasteiger partial charge is 0.354 e. The highest BCUT2D eigenvalue weighted by Gasteiger charge is 2.19. The first-order valence-electron chi connectivity index (χ1n) is 9.32. The van der Waals surface area contributed by atoms with Crippen molar-refractivity contribution in [3.63, 3.8) is 0 Å². The minimum absolute atomic E-state index is 0. The summed E-state index contributed by atoms with van der Waals surface area (Å²) in [4.78, 5) is 11.3. The second-order valence-electron chi connectivity index (χ2n) is 7.47. The summed E-state index contributed by atoms with van der Waals surface area (Å²) in [7, 11) is 1.83. The predicted molar refractivity (Wildman–Crippen MR) is 120 cm³/mol. The van der Waals surface area contributed by atoms with E-state index in [0.29, 0.717) is 18.5 Å². The van der Waals surface area contributed by atoms with Gasteiger partial charge >= 0.3 is 0 Å². The third kappa shape index (κ3) is 7.65. The van der Waals surface area contributed by atoms with Gasteiger partial charge in [0.2, 0.25) is 0 Å². The van der Waals surface area contributed by atoms with Crippen LogP contribution in [0.5, 0.6) is 0 Å². The van der Waals surface area contributed by atoms with Gasteiger partial charge in [-0.1, -0.05) is 26.0 Å². The van der Waals surface area contributed by atoms with E-state index < -0.39 is 0 Å². The number of nitrogens with zero attached hydrogens (tertiary/aromatic N) is 4. The molecule has 1 fully saturated rings. The average Bonchev–Trinajstić information content (AvgIpc) is 2.99. The van der Waals surface area contributed by atoms with Crippen LogP contribution in [-0.4, -0.2) is 53.1 Å². The summed E-state index contributed by atoms with van der Waals surface area (Å²) in [6.07, 6.45) is 6.18. The molecule has 0 bridgehead atoms. The molecule has 0 spiro atoms. The minimum atomic E-state index is 0. The topological polar surface area (TPSA) is 57.5 Å². The van der Waals surface area contributed by atoms with Crippen LogP contribution in [0, 0.1) is 5.92 Å². The molecule has 2 heterocycles. The number of aromatic nitrogens is 2. The minimum Gasteiger partial charge on any atom is -0.354 e. The van der Waals surface area contributed by atoms with E-state index in [1.54, 1.807) is 0 Å². The molecule has 1 aliphatic rings. The maximum atomic E-state index is 4.46. The zero-order valence-corrected chi connectivity index (χ0v) is 19.0. The Morgan fingerprint density at radius 2 is 2.08 bits per heavy atom. The Bertz CT molecular complexity index is 572. The summed E-state index contributed by atoms with van der Waals surface area (Å²) in [5.74, 6) is 2.51. The van der Waals surface area contributed by atoms with Crippen LogP contribution in [0.3, 0.4) is 0 Å². The lowest BCUT2D eigenvalue weighted by Crippen LogP contribution is -2.48. The van der Waals surface area contributed by atoms with E-state index in [2.05, 4.69) is 57.4 Å². The fourth-order valence-electron chi connectivity index (χ4n) is 3.23. The van der Waals surface area contributed by atoms with E-state index in [1.165, 1.54) is 5.57 Å². The number of rotatable bonds is 7. The van der Waals surface area contributed by atoms with Crippen LogP contribution < -0.4 is 10.6 Å². The van der Waals surface area contributed by atoms with Crippen LogP contribution in [0.4, 0.5) is 0 Å². The van der Waals surface area contributed by atoms with Crippen LogP contribution in [0.25, 0.3) is 0 Å². The molecule has 0 aromatic carbocycles. The molecule has 2 N–H and O–H groups in total. The molecule has 2 rings (SSSR count). The molecule has 7 heteroatoms. The molecule has 26 heavy (non-hydrogen) atoms. The van der Waals surface area contributed by atoms with Crippen molar-refractivity contribution in [3.05, 3.63) is 30.4 Å². The van der Waals surface area contributed by atoms with E-state index in [-0.39, 0.29) is 24.0 Å². The Labute approximate surface area is 175 Å². The van der Waals surface area contributed by atoms with Gasteiger partial charge < -0.3 is 15.2 Å². The fraction of sp³-hybridized carbons (Fsp3) is 0.684. The lowest BCUT2D eigenvalue weighted by molar-refractivity contribution is 0.221. The smallest absolute Gasteiger partial charge is 0.191 e. The number of hydrogen-bond donors (Lipinski definition) is 2. The SMILES string of the molecule is C=C(C)CN1CCC(NC(=NC)NCc2nccn2CC(C)C)CC1.I. The van der Waals surface area contributed by atoms with Crippen molar-refractivity contribution in [2.45, 2.75) is 52.7 Å². The molecule has 1 aromatic heterocycles. The molecule has 1 saturated heterocycles. The third-order valence-electron chi connectivity index (χ3n) is 4.42. The average molecular weight is 474 g/mol. The van der Waals surface area contributed by atoms with Crippen LogP contribution in [0.2, 0.25) is 0 Å². The van der Waals surface area contributed by atoms with Crippen LogP contribution in [0.15, 0.2) is 29.5 Å². The summed E-state index contributed by atoms with van der Waals surface area (Å²) in [6, 6.07) is 0.475. The van der Waals surface area contributed by atoms with E-state index in [9.17, 15) is 0 Å². The Morgan fingerprint density at radius 3 is 2.65 bits per heavy atom. The summed E-state index contributed by atoms with van der Waals surface area (Å²) in [5, 5.41) is 6.96. The molecule has 0 saturated carbocycles. The van der Waals surface area contributed by atoms with E-state index in [4.69, 9.17) is 0 Å². The van der Waals surface area contributed by atoms with E-state index >= 15 is 0 Å². The molecule has 1 aromatic rings. The standard InChI is InChI=1S/C19H34N6.HI/c1-15(2)13-24-9-6-17(7-10-24)23-19(20-5)22-12-18-21-8-11-25(18)14-16(3)4;/h8,11,16-17H,1,6-7,9-10,12-14H2,2-5H3,(H2,20,22,23);1H. The van der Waals surface area contributed by atoms with Crippen molar-refractivity contribution in [3.8, 4) is 0 Å². The first-order chi connectivity index (χ1) is 12.0. The van der Waals surface area contributed by atoms with Gasteiger partial charge in [0.25, 0.3) is 0 Å². The first kappa shape index (κ1) is 23.0. The molecular formula is C19H35IN6. The Morgan fingerprint density at radius 1 is 1.38 bits per heavy atom. The Hall–Kier alpha value is -1.09. The van der Waals surface area contributed by atoms with Crippen LogP contribution in [-0.2, 0) is 13.1 Å². The molecule has 0 aliphatic carbocycles. The molecule has 148 valence electrons. The highest BCUT2D eigenvalue weighted by Crippen LogP contribution is 2.11. The number of halogens is 1. The summed E-state index contributed by atoms with van der Waals surface area (Å²) >= 11 is 0. The van der Waals surface area contributed by atoms with Gasteiger partial charge in [-0.25, -0.2) is 4.98 Å². The Kier molecular flexibility index (Phi) is 10.2. The number of nitrogens with one attached hydrogen (secondary N) is 2. The van der Waals surface area contributed by atoms with Crippen molar-refractivity contribution in [1.82, 2.24) is 25.1 Å². The van der Waals surface area contributed by atoms with Crippen LogP contribution in [0.1, 0.15) is 39.4 Å².